The van der Waals surface area contributed by atoms with Gasteiger partial charge in [0.1, 0.15) is 13.2 Å². The molecule has 0 aromatic heterocycles. The fraction of sp³-hybridized carbons (Fsp3) is 0.746. The van der Waals surface area contributed by atoms with Crippen molar-refractivity contribution < 1.29 is 28.6 Å². The lowest BCUT2D eigenvalue weighted by atomic mass is 10.0. The van der Waals surface area contributed by atoms with Crippen molar-refractivity contribution in [3.8, 4) is 0 Å². The summed E-state index contributed by atoms with van der Waals surface area (Å²) in [5.74, 6) is -1.01. The van der Waals surface area contributed by atoms with E-state index in [4.69, 9.17) is 14.2 Å². The van der Waals surface area contributed by atoms with Crippen LogP contribution in [0.1, 0.15) is 303 Å². The first kappa shape index (κ1) is 69.6. The van der Waals surface area contributed by atoms with Crippen molar-refractivity contribution >= 4 is 17.9 Å². The Balaban J connectivity index is 4.49. The number of rotatable bonds is 56. The van der Waals surface area contributed by atoms with Crippen LogP contribution in [-0.4, -0.2) is 37.2 Å². The van der Waals surface area contributed by atoms with E-state index in [1.807, 2.05) is 0 Å². The Labute approximate surface area is 452 Å². The second kappa shape index (κ2) is 61.1. The molecule has 6 nitrogen and oxygen atoms in total. The van der Waals surface area contributed by atoms with E-state index in [1.54, 1.807) is 0 Å². The molecule has 0 aliphatic heterocycles. The Hall–Kier alpha value is -3.41. The van der Waals surface area contributed by atoms with Crippen molar-refractivity contribution in [2.45, 2.75) is 309 Å². The van der Waals surface area contributed by atoms with Gasteiger partial charge in [0.15, 0.2) is 6.10 Å². The van der Waals surface area contributed by atoms with Crippen LogP contribution in [0.25, 0.3) is 0 Å². The number of carbonyl (C=O) groups is 3. The number of allylic oxidation sites excluding steroid dienone is 14. The summed E-state index contributed by atoms with van der Waals surface area (Å²) in [7, 11) is 0. The van der Waals surface area contributed by atoms with Gasteiger partial charge in [-0.15, -0.1) is 0 Å². The molecular formula is C67H116O6. The van der Waals surface area contributed by atoms with E-state index in [1.165, 1.54) is 193 Å². The molecule has 73 heavy (non-hydrogen) atoms. The normalized spacial score (nSPS) is 12.3. The number of ether oxygens (including phenoxy) is 3. The molecule has 0 aromatic carbocycles. The maximum absolute atomic E-state index is 12.9. The van der Waals surface area contributed by atoms with Gasteiger partial charge in [0.2, 0.25) is 0 Å². The van der Waals surface area contributed by atoms with Crippen LogP contribution in [0.15, 0.2) is 85.1 Å². The van der Waals surface area contributed by atoms with Crippen molar-refractivity contribution in [3.05, 3.63) is 85.1 Å². The second-order valence-corrected chi connectivity index (χ2v) is 20.6. The van der Waals surface area contributed by atoms with E-state index < -0.39 is 6.10 Å². The minimum atomic E-state index is -0.819. The van der Waals surface area contributed by atoms with Crippen LogP contribution < -0.4 is 0 Å². The highest BCUT2D eigenvalue weighted by Crippen LogP contribution is 2.15. The average Bonchev–Trinajstić information content (AvgIpc) is 3.39. The van der Waals surface area contributed by atoms with Gasteiger partial charge in [-0.05, 0) is 109 Å². The molecule has 0 rings (SSSR count). The molecule has 0 saturated carbocycles. The molecule has 0 saturated heterocycles. The van der Waals surface area contributed by atoms with E-state index in [9.17, 15) is 14.4 Å². The average molecular weight is 1020 g/mol. The Morgan fingerprint density at radius 1 is 0.274 bits per heavy atom. The quantitative estimate of drug-likeness (QED) is 0.0261. The molecule has 0 N–H and O–H groups in total. The number of hydrogen-bond acceptors (Lipinski definition) is 6. The summed E-state index contributed by atoms with van der Waals surface area (Å²) < 4.78 is 16.8. The molecule has 0 unspecified atom stereocenters. The van der Waals surface area contributed by atoms with Gasteiger partial charge in [-0.3, -0.25) is 14.4 Å². The molecule has 0 radical (unpaired) electrons. The fourth-order valence-electron chi connectivity index (χ4n) is 8.65. The number of unbranched alkanes of at least 4 members (excludes halogenated alkanes) is 31. The maximum atomic E-state index is 12.9. The highest BCUT2D eigenvalue weighted by atomic mass is 16.6. The van der Waals surface area contributed by atoms with E-state index in [0.717, 1.165) is 57.8 Å². The SMILES string of the molecule is CCCCCCCC/C=C\C/C=C\C/C=C\CCCC(=O)OCC(COC(=O)CCC/C=C\C/C=C\C/C=C\CCCCCCCC)OC(=O)CCCCCCCCCCCCC/C=C\CCCCCCCC. The highest BCUT2D eigenvalue weighted by Gasteiger charge is 2.19. The molecule has 0 atom stereocenters. The topological polar surface area (TPSA) is 78.9 Å². The van der Waals surface area contributed by atoms with Crippen molar-refractivity contribution in [3.63, 3.8) is 0 Å². The summed E-state index contributed by atoms with van der Waals surface area (Å²) >= 11 is 0. The third kappa shape index (κ3) is 59.3. The summed E-state index contributed by atoms with van der Waals surface area (Å²) in [4.78, 5) is 38.2. The number of carbonyl (C=O) groups excluding carboxylic acids is 3. The lowest BCUT2D eigenvalue weighted by Crippen LogP contribution is -2.30. The molecule has 0 aromatic rings. The van der Waals surface area contributed by atoms with Crippen LogP contribution in [-0.2, 0) is 28.6 Å². The Morgan fingerprint density at radius 2 is 0.507 bits per heavy atom. The summed E-state index contributed by atoms with van der Waals surface area (Å²) in [6.07, 6.45) is 80.2. The van der Waals surface area contributed by atoms with E-state index >= 15 is 0 Å². The predicted octanol–water partition coefficient (Wildman–Crippen LogP) is 21.1. The van der Waals surface area contributed by atoms with E-state index in [-0.39, 0.29) is 44.0 Å². The molecule has 0 spiro atoms. The molecule has 0 aliphatic rings. The van der Waals surface area contributed by atoms with Crippen molar-refractivity contribution in [2.24, 2.45) is 0 Å². The summed E-state index contributed by atoms with van der Waals surface area (Å²) in [6, 6.07) is 0. The molecule has 0 fully saturated rings. The van der Waals surface area contributed by atoms with Gasteiger partial charge in [0, 0.05) is 19.3 Å². The molecular weight excluding hydrogens is 901 g/mol. The maximum Gasteiger partial charge on any atom is 0.306 e. The zero-order chi connectivity index (χ0) is 52.9. The fourth-order valence-corrected chi connectivity index (χ4v) is 8.65. The van der Waals surface area contributed by atoms with Crippen molar-refractivity contribution in [1.82, 2.24) is 0 Å². The summed E-state index contributed by atoms with van der Waals surface area (Å²) in [5, 5.41) is 0. The van der Waals surface area contributed by atoms with Crippen LogP contribution in [0.2, 0.25) is 0 Å². The predicted molar refractivity (Wildman–Crippen MR) is 316 cm³/mol. The Kier molecular flexibility index (Phi) is 58.3. The first-order valence-electron chi connectivity index (χ1n) is 31.1. The van der Waals surface area contributed by atoms with E-state index in [2.05, 4.69) is 106 Å². The molecule has 0 heterocycles. The second-order valence-electron chi connectivity index (χ2n) is 20.6. The lowest BCUT2D eigenvalue weighted by Gasteiger charge is -2.18. The smallest absolute Gasteiger partial charge is 0.306 e. The minimum absolute atomic E-state index is 0.118. The van der Waals surface area contributed by atoms with Gasteiger partial charge in [-0.25, -0.2) is 0 Å². The van der Waals surface area contributed by atoms with Crippen LogP contribution in [0, 0.1) is 0 Å². The standard InChI is InChI=1S/C67H116O6/c1-4-7-10-13-16-19-22-25-28-31-32-33-34-37-40-43-46-49-52-55-58-61-67(70)73-64(62-71-65(68)59-56-53-50-47-44-41-38-35-29-26-23-20-17-14-11-8-5-2)63-72-66(69)60-57-54-51-48-45-42-39-36-30-27-24-21-18-15-12-9-6-3/h25-30,38-39,41-42,47-48,50-51,64H,4-24,31-37,40,43-46,49,52-63H2,1-3H3/b28-25-,29-26-,30-27-,41-38-,42-39-,50-47-,51-48-. The first-order chi connectivity index (χ1) is 36.0. The van der Waals surface area contributed by atoms with Crippen molar-refractivity contribution in [1.29, 1.82) is 0 Å². The van der Waals surface area contributed by atoms with Crippen LogP contribution in [0.4, 0.5) is 0 Å². The zero-order valence-electron chi connectivity index (χ0n) is 48.1. The molecule has 420 valence electrons. The van der Waals surface area contributed by atoms with Gasteiger partial charge >= 0.3 is 17.9 Å². The van der Waals surface area contributed by atoms with Gasteiger partial charge in [0.05, 0.1) is 0 Å². The molecule has 6 heteroatoms. The highest BCUT2D eigenvalue weighted by molar-refractivity contribution is 5.71. The van der Waals surface area contributed by atoms with Crippen molar-refractivity contribution in [2.75, 3.05) is 13.2 Å². The summed E-state index contributed by atoms with van der Waals surface area (Å²) in [6.45, 7) is 6.56. The van der Waals surface area contributed by atoms with E-state index in [0.29, 0.717) is 19.3 Å². The van der Waals surface area contributed by atoms with Gasteiger partial charge < -0.3 is 14.2 Å². The molecule has 0 aliphatic carbocycles. The third-order valence-corrected chi connectivity index (χ3v) is 13.3. The third-order valence-electron chi connectivity index (χ3n) is 13.3. The van der Waals surface area contributed by atoms with Crippen LogP contribution in [0.3, 0.4) is 0 Å². The Bertz CT molecular complexity index is 1330. The number of hydrogen-bond donors (Lipinski definition) is 0. The van der Waals surface area contributed by atoms with Crippen LogP contribution in [0.5, 0.6) is 0 Å². The van der Waals surface area contributed by atoms with Gasteiger partial charge in [0.25, 0.3) is 0 Å². The first-order valence-corrected chi connectivity index (χ1v) is 31.1. The van der Waals surface area contributed by atoms with Crippen LogP contribution >= 0.6 is 0 Å². The Morgan fingerprint density at radius 3 is 0.822 bits per heavy atom. The lowest BCUT2D eigenvalue weighted by molar-refractivity contribution is -0.167. The van der Waals surface area contributed by atoms with Gasteiger partial charge in [-0.2, -0.15) is 0 Å². The number of esters is 3. The minimum Gasteiger partial charge on any atom is -0.462 e. The molecule has 0 bridgehead atoms. The monoisotopic (exact) mass is 1020 g/mol. The summed E-state index contributed by atoms with van der Waals surface area (Å²) in [5.41, 5.74) is 0. The van der Waals surface area contributed by atoms with Gasteiger partial charge in [-0.1, -0.05) is 260 Å². The molecule has 0 amide bonds. The largest absolute Gasteiger partial charge is 0.462 e. The zero-order valence-corrected chi connectivity index (χ0v) is 48.1.